The number of hydrogen-bond acceptors (Lipinski definition) is 4. The van der Waals surface area contributed by atoms with E-state index >= 15 is 0 Å². The Morgan fingerprint density at radius 3 is 2.44 bits per heavy atom. The molecule has 0 aliphatic carbocycles. The first-order valence-electron chi connectivity index (χ1n) is 5.55. The molecule has 0 spiro atoms. The van der Waals surface area contributed by atoms with Gasteiger partial charge in [-0.05, 0) is 6.42 Å². The van der Waals surface area contributed by atoms with E-state index in [1.54, 1.807) is 0 Å². The number of carbonyl (C=O) groups is 2. The predicted octanol–water partition coefficient (Wildman–Crippen LogP) is 0.605. The second-order valence-electron chi connectivity index (χ2n) is 3.76. The molecule has 0 rings (SSSR count). The SMILES string of the molecule is CCCCCC(O)C(NC(C)=O)C(=O)OC. The van der Waals surface area contributed by atoms with Crippen molar-refractivity contribution in [2.75, 3.05) is 7.11 Å². The number of nitrogens with one attached hydrogen (secondary N) is 1. The highest BCUT2D eigenvalue weighted by atomic mass is 16.5. The molecule has 0 aliphatic heterocycles. The summed E-state index contributed by atoms with van der Waals surface area (Å²) in [5, 5.41) is 12.2. The minimum absolute atomic E-state index is 0.357. The lowest BCUT2D eigenvalue weighted by Gasteiger charge is -2.21. The Balaban J connectivity index is 4.26. The van der Waals surface area contributed by atoms with E-state index in [2.05, 4.69) is 17.0 Å². The molecule has 0 fully saturated rings. The van der Waals surface area contributed by atoms with Crippen molar-refractivity contribution in [3.8, 4) is 0 Å². The Hall–Kier alpha value is -1.10. The van der Waals surface area contributed by atoms with Crippen molar-refractivity contribution >= 4 is 11.9 Å². The Morgan fingerprint density at radius 1 is 1.38 bits per heavy atom. The van der Waals surface area contributed by atoms with Gasteiger partial charge in [-0.25, -0.2) is 4.79 Å². The van der Waals surface area contributed by atoms with Crippen LogP contribution in [0.1, 0.15) is 39.5 Å². The normalized spacial score (nSPS) is 14.0. The molecular weight excluding hydrogens is 210 g/mol. The number of esters is 1. The summed E-state index contributed by atoms with van der Waals surface area (Å²) in [4.78, 5) is 22.2. The Labute approximate surface area is 96.2 Å². The second-order valence-corrected chi connectivity index (χ2v) is 3.76. The summed E-state index contributed by atoms with van der Waals surface area (Å²) >= 11 is 0. The molecule has 16 heavy (non-hydrogen) atoms. The van der Waals surface area contributed by atoms with Gasteiger partial charge in [-0.3, -0.25) is 4.79 Å². The third-order valence-corrected chi connectivity index (χ3v) is 2.30. The molecule has 0 aromatic rings. The number of ether oxygens (including phenoxy) is 1. The Kier molecular flexibility index (Phi) is 7.54. The Bertz CT molecular complexity index is 230. The van der Waals surface area contributed by atoms with E-state index in [1.165, 1.54) is 14.0 Å². The molecule has 0 saturated carbocycles. The minimum Gasteiger partial charge on any atom is -0.467 e. The van der Waals surface area contributed by atoms with Gasteiger partial charge >= 0.3 is 5.97 Å². The van der Waals surface area contributed by atoms with Crippen molar-refractivity contribution in [1.29, 1.82) is 0 Å². The number of aliphatic hydroxyl groups excluding tert-OH is 1. The van der Waals surface area contributed by atoms with E-state index in [0.717, 1.165) is 19.3 Å². The third-order valence-electron chi connectivity index (χ3n) is 2.30. The summed E-state index contributed by atoms with van der Waals surface area (Å²) in [5.41, 5.74) is 0. The molecule has 0 aromatic heterocycles. The van der Waals surface area contributed by atoms with Gasteiger partial charge in [-0.15, -0.1) is 0 Å². The maximum absolute atomic E-state index is 11.3. The minimum atomic E-state index is -0.959. The van der Waals surface area contributed by atoms with Crippen LogP contribution in [0.4, 0.5) is 0 Å². The quantitative estimate of drug-likeness (QED) is 0.497. The van der Waals surface area contributed by atoms with Crippen LogP contribution in [0.5, 0.6) is 0 Å². The number of hydrogen-bond donors (Lipinski definition) is 2. The summed E-state index contributed by atoms with van der Waals surface area (Å²) in [6.45, 7) is 3.35. The van der Waals surface area contributed by atoms with Crippen LogP contribution in [-0.4, -0.2) is 36.2 Å². The summed E-state index contributed by atoms with van der Waals surface area (Å²) in [7, 11) is 1.23. The van der Waals surface area contributed by atoms with Crippen molar-refractivity contribution in [3.05, 3.63) is 0 Å². The maximum Gasteiger partial charge on any atom is 0.331 e. The average Bonchev–Trinajstić information content (AvgIpc) is 2.24. The molecule has 0 aliphatic rings. The smallest absolute Gasteiger partial charge is 0.331 e. The number of methoxy groups -OCH3 is 1. The first-order valence-corrected chi connectivity index (χ1v) is 5.55. The molecule has 0 radical (unpaired) electrons. The van der Waals surface area contributed by atoms with Gasteiger partial charge in [0.15, 0.2) is 6.04 Å². The molecule has 94 valence electrons. The molecular formula is C11H21NO4. The molecule has 0 heterocycles. The molecule has 1 amide bonds. The number of amides is 1. The maximum atomic E-state index is 11.3. The summed E-state index contributed by atoms with van der Waals surface area (Å²) in [6, 6.07) is -0.959. The average molecular weight is 231 g/mol. The highest BCUT2D eigenvalue weighted by Crippen LogP contribution is 2.08. The fraction of sp³-hybridized carbons (Fsp3) is 0.818. The molecule has 2 N–H and O–H groups in total. The highest BCUT2D eigenvalue weighted by molar-refractivity contribution is 5.83. The van der Waals surface area contributed by atoms with Crippen LogP contribution in [0.15, 0.2) is 0 Å². The van der Waals surface area contributed by atoms with Gasteiger partial charge in [0.05, 0.1) is 13.2 Å². The van der Waals surface area contributed by atoms with Crippen LogP contribution >= 0.6 is 0 Å². The summed E-state index contributed by atoms with van der Waals surface area (Å²) < 4.78 is 4.53. The lowest BCUT2D eigenvalue weighted by Crippen LogP contribution is -2.48. The molecule has 0 saturated heterocycles. The van der Waals surface area contributed by atoms with Crippen molar-refractivity contribution in [2.24, 2.45) is 0 Å². The fourth-order valence-electron chi connectivity index (χ4n) is 1.43. The molecule has 0 bridgehead atoms. The van der Waals surface area contributed by atoms with Gasteiger partial charge in [0, 0.05) is 6.92 Å². The molecule has 0 aromatic carbocycles. The van der Waals surface area contributed by atoms with Crippen molar-refractivity contribution in [1.82, 2.24) is 5.32 Å². The number of unbranched alkanes of at least 4 members (excludes halogenated alkanes) is 2. The van der Waals surface area contributed by atoms with Crippen molar-refractivity contribution < 1.29 is 19.4 Å². The lowest BCUT2D eigenvalue weighted by molar-refractivity contribution is -0.148. The van der Waals surface area contributed by atoms with E-state index in [0.29, 0.717) is 6.42 Å². The zero-order valence-electron chi connectivity index (χ0n) is 10.2. The van der Waals surface area contributed by atoms with Crippen LogP contribution in [0.2, 0.25) is 0 Å². The molecule has 5 heteroatoms. The summed E-state index contributed by atoms with van der Waals surface area (Å²) in [6.07, 6.45) is 2.45. The van der Waals surface area contributed by atoms with E-state index in [1.807, 2.05) is 0 Å². The topological polar surface area (TPSA) is 75.6 Å². The second kappa shape index (κ2) is 8.10. The third kappa shape index (κ3) is 5.70. The monoisotopic (exact) mass is 231 g/mol. The van der Waals surface area contributed by atoms with Gasteiger partial charge < -0.3 is 15.2 Å². The van der Waals surface area contributed by atoms with Crippen LogP contribution in [0.3, 0.4) is 0 Å². The van der Waals surface area contributed by atoms with Gasteiger partial charge in [0.25, 0.3) is 0 Å². The van der Waals surface area contributed by atoms with Crippen molar-refractivity contribution in [3.63, 3.8) is 0 Å². The fourth-order valence-corrected chi connectivity index (χ4v) is 1.43. The van der Waals surface area contributed by atoms with Crippen LogP contribution < -0.4 is 5.32 Å². The Morgan fingerprint density at radius 2 is 2.00 bits per heavy atom. The summed E-state index contributed by atoms with van der Waals surface area (Å²) in [5.74, 6) is -0.968. The van der Waals surface area contributed by atoms with E-state index in [-0.39, 0.29) is 5.91 Å². The number of rotatable bonds is 7. The first kappa shape index (κ1) is 14.9. The predicted molar refractivity (Wildman–Crippen MR) is 59.8 cm³/mol. The lowest BCUT2D eigenvalue weighted by atomic mass is 10.0. The van der Waals surface area contributed by atoms with Crippen molar-refractivity contribution in [2.45, 2.75) is 51.7 Å². The van der Waals surface area contributed by atoms with Gasteiger partial charge in [0.2, 0.25) is 5.91 Å². The van der Waals surface area contributed by atoms with E-state index < -0.39 is 18.1 Å². The molecule has 2 unspecified atom stereocenters. The first-order chi connectivity index (χ1) is 7.52. The number of carbonyl (C=O) groups excluding carboxylic acids is 2. The molecule has 2 atom stereocenters. The van der Waals surface area contributed by atoms with Gasteiger partial charge in [-0.1, -0.05) is 26.2 Å². The highest BCUT2D eigenvalue weighted by Gasteiger charge is 2.27. The number of aliphatic hydroxyl groups is 1. The van der Waals surface area contributed by atoms with E-state index in [9.17, 15) is 14.7 Å². The van der Waals surface area contributed by atoms with E-state index in [4.69, 9.17) is 0 Å². The zero-order chi connectivity index (χ0) is 12.6. The standard InChI is InChI=1S/C11H21NO4/c1-4-5-6-7-9(14)10(11(15)16-3)12-8(2)13/h9-10,14H,4-7H2,1-3H3,(H,12,13). The largest absolute Gasteiger partial charge is 0.467 e. The zero-order valence-corrected chi connectivity index (χ0v) is 10.2. The van der Waals surface area contributed by atoms with Crippen LogP contribution in [-0.2, 0) is 14.3 Å². The van der Waals surface area contributed by atoms with Gasteiger partial charge in [-0.2, -0.15) is 0 Å². The van der Waals surface area contributed by atoms with Crippen LogP contribution in [0, 0.1) is 0 Å². The van der Waals surface area contributed by atoms with Crippen LogP contribution in [0.25, 0.3) is 0 Å². The van der Waals surface area contributed by atoms with Gasteiger partial charge in [0.1, 0.15) is 0 Å². The molecule has 5 nitrogen and oxygen atoms in total.